The van der Waals surface area contributed by atoms with Gasteiger partial charge in [0.15, 0.2) is 0 Å². The molecule has 0 aliphatic carbocycles. The molecule has 0 radical (unpaired) electrons. The average Bonchev–Trinajstić information content (AvgIpc) is 2.68. The number of fused-ring (bicyclic) bond motifs is 1. The molecule has 5 nitrogen and oxygen atoms in total. The molecule has 2 rings (SSSR count). The summed E-state index contributed by atoms with van der Waals surface area (Å²) in [6.07, 6.45) is 1.56. The summed E-state index contributed by atoms with van der Waals surface area (Å²) in [7, 11) is 0. The summed E-state index contributed by atoms with van der Waals surface area (Å²) in [5, 5.41) is 8.00. The predicted octanol–water partition coefficient (Wildman–Crippen LogP) is 5.70. The minimum atomic E-state index is -0.391. The monoisotopic (exact) mass is 414 g/mol. The maximum absolute atomic E-state index is 12.0. The quantitative estimate of drug-likeness (QED) is 0.637. The van der Waals surface area contributed by atoms with Crippen molar-refractivity contribution in [1.29, 1.82) is 0 Å². The van der Waals surface area contributed by atoms with E-state index in [2.05, 4.69) is 60.9 Å². The normalized spacial score (nSPS) is 11.8. The van der Waals surface area contributed by atoms with Crippen LogP contribution in [-0.4, -0.2) is 30.7 Å². The molecule has 0 aliphatic heterocycles. The molecule has 0 bridgehead atoms. The van der Waals surface area contributed by atoms with Crippen molar-refractivity contribution in [1.82, 2.24) is 10.6 Å². The second-order valence-electron chi connectivity index (χ2n) is 8.55. The van der Waals surface area contributed by atoms with Crippen molar-refractivity contribution < 1.29 is 14.3 Å². The van der Waals surface area contributed by atoms with Crippen molar-refractivity contribution in [2.24, 2.45) is 0 Å². The van der Waals surface area contributed by atoms with Crippen molar-refractivity contribution in [2.45, 2.75) is 72.8 Å². The fourth-order valence-corrected chi connectivity index (χ4v) is 2.75. The highest BCUT2D eigenvalue weighted by Gasteiger charge is 2.15. The van der Waals surface area contributed by atoms with Crippen LogP contribution in [0.25, 0.3) is 10.8 Å². The van der Waals surface area contributed by atoms with Crippen LogP contribution in [0.2, 0.25) is 0 Å². The molecule has 2 N–H and O–H groups in total. The van der Waals surface area contributed by atoms with E-state index in [1.807, 2.05) is 34.6 Å². The second kappa shape index (κ2) is 12.2. The number of nitrogens with one attached hydrogen (secondary N) is 2. The van der Waals surface area contributed by atoms with Gasteiger partial charge in [-0.2, -0.15) is 0 Å². The van der Waals surface area contributed by atoms with Gasteiger partial charge >= 0.3 is 6.09 Å². The molecule has 0 aliphatic rings. The van der Waals surface area contributed by atoms with E-state index in [1.165, 1.54) is 16.3 Å². The van der Waals surface area contributed by atoms with Crippen LogP contribution in [0.4, 0.5) is 4.79 Å². The van der Waals surface area contributed by atoms with Crippen LogP contribution < -0.4 is 10.6 Å². The number of hydrogen-bond donors (Lipinski definition) is 2. The highest BCUT2D eigenvalue weighted by Crippen LogP contribution is 2.22. The smallest absolute Gasteiger partial charge is 0.407 e. The van der Waals surface area contributed by atoms with Gasteiger partial charge in [-0.25, -0.2) is 4.79 Å². The SMILES string of the molecule is CCCNC(=O)OC(C)(C)C.CCCNC(=O)[C@@H](C)c1ccc2cc(C)ccc2c1. The molecule has 0 spiro atoms. The lowest BCUT2D eigenvalue weighted by molar-refractivity contribution is -0.122. The van der Waals surface area contributed by atoms with Crippen LogP contribution in [-0.2, 0) is 9.53 Å². The summed E-state index contributed by atoms with van der Waals surface area (Å²) in [6, 6.07) is 12.7. The fourth-order valence-electron chi connectivity index (χ4n) is 2.75. The highest BCUT2D eigenvalue weighted by molar-refractivity contribution is 5.88. The van der Waals surface area contributed by atoms with Gasteiger partial charge in [0.05, 0.1) is 5.92 Å². The summed E-state index contributed by atoms with van der Waals surface area (Å²) in [5.41, 5.74) is 1.94. The standard InChI is InChI=1S/C17H21NO.C8H17NO2/c1-4-9-18-17(19)13(3)14-7-8-15-10-12(2)5-6-16(15)11-14;1-5-6-9-7(10)11-8(2,3)4/h5-8,10-11,13H,4,9H2,1-3H3,(H,18,19);5-6H2,1-4H3,(H,9,10)/t13-;/m0./s1. The van der Waals surface area contributed by atoms with E-state index >= 15 is 0 Å². The summed E-state index contributed by atoms with van der Waals surface area (Å²) in [5.74, 6) is 0.00515. The Kier molecular flexibility index (Phi) is 10.4. The number of carbonyl (C=O) groups excluding carboxylic acids is 2. The number of carbonyl (C=O) groups is 2. The summed E-state index contributed by atoms with van der Waals surface area (Å²) >= 11 is 0. The number of ether oxygens (including phenoxy) is 1. The number of alkyl carbamates (subject to hydrolysis) is 1. The van der Waals surface area contributed by atoms with Crippen LogP contribution in [0.1, 0.15) is 71.4 Å². The van der Waals surface area contributed by atoms with Gasteiger partial charge in [-0.1, -0.05) is 55.8 Å². The first-order valence-electron chi connectivity index (χ1n) is 10.8. The highest BCUT2D eigenvalue weighted by atomic mass is 16.6. The number of rotatable bonds is 6. The maximum Gasteiger partial charge on any atom is 0.407 e. The molecule has 2 aromatic rings. The third-order valence-corrected chi connectivity index (χ3v) is 4.38. The molecule has 5 heteroatoms. The Labute approximate surface area is 181 Å². The Bertz CT molecular complexity index is 825. The van der Waals surface area contributed by atoms with Crippen molar-refractivity contribution in [3.63, 3.8) is 0 Å². The Morgan fingerprint density at radius 3 is 2.10 bits per heavy atom. The molecule has 166 valence electrons. The first kappa shape index (κ1) is 25.5. The second-order valence-corrected chi connectivity index (χ2v) is 8.55. The molecule has 30 heavy (non-hydrogen) atoms. The summed E-state index contributed by atoms with van der Waals surface area (Å²) in [6.45, 7) is 15.1. The molecule has 0 saturated heterocycles. The predicted molar refractivity (Wildman–Crippen MR) is 125 cm³/mol. The van der Waals surface area contributed by atoms with E-state index in [0.717, 1.165) is 24.9 Å². The van der Waals surface area contributed by atoms with Gasteiger partial charge in [-0.05, 0) is 63.8 Å². The molecule has 1 atom stereocenters. The minimum Gasteiger partial charge on any atom is -0.444 e. The van der Waals surface area contributed by atoms with E-state index in [0.29, 0.717) is 6.54 Å². The number of amides is 2. The van der Waals surface area contributed by atoms with Crippen LogP contribution in [0.3, 0.4) is 0 Å². The van der Waals surface area contributed by atoms with E-state index in [1.54, 1.807) is 0 Å². The van der Waals surface area contributed by atoms with Crippen LogP contribution in [0.5, 0.6) is 0 Å². The van der Waals surface area contributed by atoms with Gasteiger partial charge in [0.1, 0.15) is 5.60 Å². The Morgan fingerprint density at radius 1 is 0.933 bits per heavy atom. The van der Waals surface area contributed by atoms with E-state index in [9.17, 15) is 9.59 Å². The van der Waals surface area contributed by atoms with Gasteiger partial charge in [0.25, 0.3) is 0 Å². The molecule has 2 amide bonds. The summed E-state index contributed by atoms with van der Waals surface area (Å²) < 4.78 is 4.99. The van der Waals surface area contributed by atoms with Crippen molar-refractivity contribution in [2.75, 3.05) is 13.1 Å². The van der Waals surface area contributed by atoms with Crippen molar-refractivity contribution in [3.05, 3.63) is 47.5 Å². The van der Waals surface area contributed by atoms with Crippen LogP contribution in [0, 0.1) is 6.92 Å². The molecule has 0 unspecified atom stereocenters. The van der Waals surface area contributed by atoms with Crippen molar-refractivity contribution in [3.8, 4) is 0 Å². The largest absolute Gasteiger partial charge is 0.444 e. The molecular formula is C25H38N2O3. The van der Waals surface area contributed by atoms with E-state index in [4.69, 9.17) is 4.74 Å². The Balaban J connectivity index is 0.000000352. The zero-order valence-corrected chi connectivity index (χ0v) is 19.6. The van der Waals surface area contributed by atoms with Crippen LogP contribution in [0.15, 0.2) is 36.4 Å². The van der Waals surface area contributed by atoms with Gasteiger partial charge in [0.2, 0.25) is 5.91 Å². The zero-order valence-electron chi connectivity index (χ0n) is 19.6. The Hall–Kier alpha value is -2.56. The summed E-state index contributed by atoms with van der Waals surface area (Å²) in [4.78, 5) is 22.9. The topological polar surface area (TPSA) is 67.4 Å². The van der Waals surface area contributed by atoms with Gasteiger partial charge < -0.3 is 15.4 Å². The molecule has 0 aromatic heterocycles. The van der Waals surface area contributed by atoms with E-state index in [-0.39, 0.29) is 17.9 Å². The third kappa shape index (κ3) is 9.29. The van der Waals surface area contributed by atoms with Crippen LogP contribution >= 0.6 is 0 Å². The average molecular weight is 415 g/mol. The van der Waals surface area contributed by atoms with Gasteiger partial charge in [-0.3, -0.25) is 4.79 Å². The maximum atomic E-state index is 12.0. The molecule has 2 aromatic carbocycles. The third-order valence-electron chi connectivity index (χ3n) is 4.38. The molecule has 0 heterocycles. The number of hydrogen-bond acceptors (Lipinski definition) is 3. The van der Waals surface area contributed by atoms with Gasteiger partial charge in [-0.15, -0.1) is 0 Å². The lowest BCUT2D eigenvalue weighted by atomic mass is 9.96. The number of aryl methyl sites for hydroxylation is 1. The number of benzene rings is 2. The molecular weight excluding hydrogens is 376 g/mol. The lowest BCUT2D eigenvalue weighted by Gasteiger charge is -2.19. The first-order valence-corrected chi connectivity index (χ1v) is 10.8. The first-order chi connectivity index (χ1) is 14.1. The molecule has 0 fully saturated rings. The van der Waals surface area contributed by atoms with E-state index < -0.39 is 5.60 Å². The van der Waals surface area contributed by atoms with Gasteiger partial charge in [0, 0.05) is 13.1 Å². The minimum absolute atomic E-state index is 0.0998. The molecule has 0 saturated carbocycles. The zero-order chi connectivity index (χ0) is 22.7. The fraction of sp³-hybridized carbons (Fsp3) is 0.520. The Morgan fingerprint density at radius 2 is 1.50 bits per heavy atom. The van der Waals surface area contributed by atoms with Crippen molar-refractivity contribution >= 4 is 22.8 Å². The lowest BCUT2D eigenvalue weighted by Crippen LogP contribution is -2.32.